The van der Waals surface area contributed by atoms with Crippen molar-refractivity contribution in [3.63, 3.8) is 0 Å². The average molecular weight is 259 g/mol. The summed E-state index contributed by atoms with van der Waals surface area (Å²) in [7, 11) is 0. The van der Waals surface area contributed by atoms with Crippen molar-refractivity contribution >= 4 is 0 Å². The van der Waals surface area contributed by atoms with Gasteiger partial charge in [-0.1, -0.05) is 44.9 Å². The Kier molecular flexibility index (Phi) is 7.32. The molecule has 0 saturated heterocycles. The van der Waals surface area contributed by atoms with E-state index in [2.05, 4.69) is 32.6 Å². The first-order valence-corrected chi connectivity index (χ1v) is 7.71. The minimum absolute atomic E-state index is 0.430. The highest BCUT2D eigenvalue weighted by molar-refractivity contribution is 5.47. The molecule has 1 aliphatic rings. The molecule has 0 bridgehead atoms. The van der Waals surface area contributed by atoms with Gasteiger partial charge in [0, 0.05) is 5.92 Å². The summed E-state index contributed by atoms with van der Waals surface area (Å²) in [6.45, 7) is 8.36. The smallest absolute Gasteiger partial charge is 0.00726 e. The van der Waals surface area contributed by atoms with E-state index < -0.39 is 0 Å². The maximum absolute atomic E-state index is 5.91. The summed E-state index contributed by atoms with van der Waals surface area (Å²) in [6.07, 6.45) is 16.8. The molecule has 19 heavy (non-hydrogen) atoms. The van der Waals surface area contributed by atoms with Crippen LogP contribution in [-0.4, -0.2) is 0 Å². The number of allylic oxidation sites excluding steroid dienone is 6. The Morgan fingerprint density at radius 1 is 1.21 bits per heavy atom. The monoisotopic (exact) mass is 259 g/mol. The Labute approximate surface area is 119 Å². The van der Waals surface area contributed by atoms with Crippen molar-refractivity contribution in [2.24, 2.45) is 11.7 Å². The van der Waals surface area contributed by atoms with E-state index in [1.807, 2.05) is 12.3 Å². The second kappa shape index (κ2) is 8.79. The molecule has 0 heterocycles. The maximum atomic E-state index is 5.91. The van der Waals surface area contributed by atoms with Gasteiger partial charge in [-0.3, -0.25) is 0 Å². The number of nitrogens with two attached hydrogens (primary N) is 1. The van der Waals surface area contributed by atoms with Crippen LogP contribution in [0.2, 0.25) is 0 Å². The van der Waals surface area contributed by atoms with Crippen molar-refractivity contribution in [3.05, 3.63) is 47.7 Å². The van der Waals surface area contributed by atoms with E-state index in [4.69, 9.17) is 5.73 Å². The Bertz CT molecular complexity index is 371. The van der Waals surface area contributed by atoms with E-state index in [9.17, 15) is 0 Å². The normalized spacial score (nSPS) is 21.2. The predicted octanol–water partition coefficient (Wildman–Crippen LogP) is 5.27. The lowest BCUT2D eigenvalue weighted by Crippen LogP contribution is -2.12. The second-order valence-corrected chi connectivity index (χ2v) is 5.32. The zero-order valence-corrected chi connectivity index (χ0v) is 12.6. The number of hydrogen-bond acceptors (Lipinski definition) is 1. The number of rotatable bonds is 8. The standard InChI is InChI=1S/C18H29N/c1-4-7-10-16-13-12-15(9-6-3)18(14-19)17(16)11-8-5-2/h6,12-15H,3-5,7-11,19H2,1-2H3. The molecule has 1 nitrogen and oxygen atoms in total. The van der Waals surface area contributed by atoms with Gasteiger partial charge in [-0.05, 0) is 55.0 Å². The molecule has 1 rings (SSSR count). The summed E-state index contributed by atoms with van der Waals surface area (Å²) in [6, 6.07) is 0. The van der Waals surface area contributed by atoms with Crippen LogP contribution in [0.1, 0.15) is 58.8 Å². The quantitative estimate of drug-likeness (QED) is 0.590. The van der Waals surface area contributed by atoms with Crippen LogP contribution in [-0.2, 0) is 0 Å². The topological polar surface area (TPSA) is 26.0 Å². The highest BCUT2D eigenvalue weighted by Gasteiger charge is 2.20. The highest BCUT2D eigenvalue weighted by atomic mass is 14.5. The zero-order valence-electron chi connectivity index (χ0n) is 12.6. The van der Waals surface area contributed by atoms with Crippen molar-refractivity contribution in [2.75, 3.05) is 0 Å². The fourth-order valence-corrected chi connectivity index (χ4v) is 2.71. The summed E-state index contributed by atoms with van der Waals surface area (Å²) in [5.74, 6) is 0.430. The lowest BCUT2D eigenvalue weighted by Gasteiger charge is -2.25. The first-order chi connectivity index (χ1) is 9.28. The van der Waals surface area contributed by atoms with Crippen molar-refractivity contribution in [3.8, 4) is 0 Å². The summed E-state index contributed by atoms with van der Waals surface area (Å²) in [5.41, 5.74) is 10.3. The Hall–Kier alpha value is -1.24. The van der Waals surface area contributed by atoms with Crippen LogP contribution in [0.15, 0.2) is 47.7 Å². The molecular formula is C18H29N. The van der Waals surface area contributed by atoms with Gasteiger partial charge < -0.3 is 5.73 Å². The first-order valence-electron chi connectivity index (χ1n) is 7.71. The molecule has 0 fully saturated rings. The number of unbranched alkanes of at least 4 members (excludes halogenated alkanes) is 2. The second-order valence-electron chi connectivity index (χ2n) is 5.32. The molecule has 0 amide bonds. The molecule has 0 saturated carbocycles. The molecule has 106 valence electrons. The van der Waals surface area contributed by atoms with Crippen LogP contribution in [0.3, 0.4) is 0 Å². The van der Waals surface area contributed by atoms with Crippen molar-refractivity contribution in [2.45, 2.75) is 58.8 Å². The van der Waals surface area contributed by atoms with Crippen LogP contribution in [0, 0.1) is 5.92 Å². The predicted molar refractivity (Wildman–Crippen MR) is 85.8 cm³/mol. The lowest BCUT2D eigenvalue weighted by atomic mass is 9.80. The molecule has 1 atom stereocenters. The van der Waals surface area contributed by atoms with Crippen molar-refractivity contribution < 1.29 is 0 Å². The van der Waals surface area contributed by atoms with Crippen molar-refractivity contribution in [1.82, 2.24) is 0 Å². The van der Waals surface area contributed by atoms with E-state index in [-0.39, 0.29) is 0 Å². The minimum Gasteiger partial charge on any atom is -0.404 e. The van der Waals surface area contributed by atoms with Crippen molar-refractivity contribution in [1.29, 1.82) is 0 Å². The molecule has 0 aliphatic heterocycles. The van der Waals surface area contributed by atoms with Crippen LogP contribution in [0.5, 0.6) is 0 Å². The van der Waals surface area contributed by atoms with E-state index in [1.165, 1.54) is 48.8 Å². The molecule has 0 radical (unpaired) electrons. The molecule has 1 unspecified atom stereocenters. The highest BCUT2D eigenvalue weighted by Crippen LogP contribution is 2.36. The third-order valence-corrected chi connectivity index (χ3v) is 3.85. The lowest BCUT2D eigenvalue weighted by molar-refractivity contribution is 0.701. The average Bonchev–Trinajstić information content (AvgIpc) is 2.44. The van der Waals surface area contributed by atoms with Gasteiger partial charge in [-0.25, -0.2) is 0 Å². The summed E-state index contributed by atoms with van der Waals surface area (Å²) in [4.78, 5) is 0. The zero-order chi connectivity index (χ0) is 14.1. The summed E-state index contributed by atoms with van der Waals surface area (Å²) in [5, 5.41) is 0. The van der Waals surface area contributed by atoms with Gasteiger partial charge in [0.15, 0.2) is 0 Å². The third-order valence-electron chi connectivity index (χ3n) is 3.85. The van der Waals surface area contributed by atoms with E-state index >= 15 is 0 Å². The van der Waals surface area contributed by atoms with E-state index in [0.717, 1.165) is 12.8 Å². The minimum atomic E-state index is 0.430. The molecule has 1 aliphatic carbocycles. The van der Waals surface area contributed by atoms with Gasteiger partial charge in [0.1, 0.15) is 0 Å². The fourth-order valence-electron chi connectivity index (χ4n) is 2.71. The van der Waals surface area contributed by atoms with E-state index in [0.29, 0.717) is 5.92 Å². The largest absolute Gasteiger partial charge is 0.404 e. The fraction of sp³-hybridized carbons (Fsp3) is 0.556. The number of hydrogen-bond donors (Lipinski definition) is 1. The van der Waals surface area contributed by atoms with Gasteiger partial charge in [0.25, 0.3) is 0 Å². The van der Waals surface area contributed by atoms with Gasteiger partial charge in [0.2, 0.25) is 0 Å². The van der Waals surface area contributed by atoms with Gasteiger partial charge in [-0.15, -0.1) is 6.58 Å². The van der Waals surface area contributed by atoms with Gasteiger partial charge >= 0.3 is 0 Å². The molecule has 0 aromatic heterocycles. The molecule has 0 aromatic carbocycles. The van der Waals surface area contributed by atoms with Crippen LogP contribution in [0.25, 0.3) is 0 Å². The van der Waals surface area contributed by atoms with E-state index in [1.54, 1.807) is 0 Å². The third kappa shape index (κ3) is 4.41. The molecule has 0 aromatic rings. The van der Waals surface area contributed by atoms with Crippen LogP contribution in [0.4, 0.5) is 0 Å². The molecule has 0 spiro atoms. The van der Waals surface area contributed by atoms with Crippen LogP contribution < -0.4 is 5.73 Å². The van der Waals surface area contributed by atoms with Gasteiger partial charge in [-0.2, -0.15) is 0 Å². The molecule has 2 N–H and O–H groups in total. The summed E-state index contributed by atoms with van der Waals surface area (Å²) >= 11 is 0. The maximum Gasteiger partial charge on any atom is 0.00726 e. The van der Waals surface area contributed by atoms with Gasteiger partial charge in [0.05, 0.1) is 0 Å². The summed E-state index contributed by atoms with van der Waals surface area (Å²) < 4.78 is 0. The van der Waals surface area contributed by atoms with Crippen LogP contribution >= 0.6 is 0 Å². The Balaban J connectivity index is 2.97. The Morgan fingerprint density at radius 3 is 2.47 bits per heavy atom. The Morgan fingerprint density at radius 2 is 1.89 bits per heavy atom. The molecular weight excluding hydrogens is 230 g/mol. The molecule has 1 heteroatoms. The SMILES string of the molecule is C=CCC1C=CC(CCCC)=C(CCCC)C1=CN. The first kappa shape index (κ1) is 15.8.